The summed E-state index contributed by atoms with van der Waals surface area (Å²) in [7, 11) is 0. The molecule has 1 atom stereocenters. The number of rotatable bonds is 4. The molecule has 1 saturated carbocycles. The highest BCUT2D eigenvalue weighted by Crippen LogP contribution is 2.53. The molecule has 0 spiro atoms. The molecule has 0 aromatic rings. The van der Waals surface area contributed by atoms with E-state index in [-0.39, 0.29) is 0 Å². The maximum Gasteiger partial charge on any atom is -0.0272 e. The lowest BCUT2D eigenvalue weighted by Crippen LogP contribution is -2.38. The van der Waals surface area contributed by atoms with Crippen LogP contribution in [0.1, 0.15) is 79.1 Å². The van der Waals surface area contributed by atoms with E-state index in [0.29, 0.717) is 10.8 Å². The largest absolute Gasteiger partial charge is 0.0654 e. The van der Waals surface area contributed by atoms with E-state index < -0.39 is 0 Å². The fourth-order valence-corrected chi connectivity index (χ4v) is 3.39. The van der Waals surface area contributed by atoms with Gasteiger partial charge in [-0.15, -0.1) is 0 Å². The Labute approximate surface area is 90.5 Å². The van der Waals surface area contributed by atoms with Gasteiger partial charge in [-0.25, -0.2) is 0 Å². The molecule has 0 amide bonds. The molecule has 14 heavy (non-hydrogen) atoms. The molecular formula is C14H28. The van der Waals surface area contributed by atoms with Crippen LogP contribution in [0.2, 0.25) is 0 Å². The molecule has 1 aliphatic carbocycles. The highest BCUT2D eigenvalue weighted by atomic mass is 14.5. The fourth-order valence-electron chi connectivity index (χ4n) is 3.39. The van der Waals surface area contributed by atoms with Gasteiger partial charge in [0, 0.05) is 0 Å². The van der Waals surface area contributed by atoms with Gasteiger partial charge in [-0.1, -0.05) is 59.8 Å². The third kappa shape index (κ3) is 2.15. The van der Waals surface area contributed by atoms with E-state index in [4.69, 9.17) is 0 Å². The second-order valence-electron chi connectivity index (χ2n) is 5.79. The first-order chi connectivity index (χ1) is 6.58. The van der Waals surface area contributed by atoms with E-state index in [2.05, 4.69) is 27.7 Å². The van der Waals surface area contributed by atoms with E-state index in [1.54, 1.807) is 0 Å². The molecule has 0 aromatic carbocycles. The summed E-state index contributed by atoms with van der Waals surface area (Å²) in [6, 6.07) is 0. The molecule has 1 aliphatic rings. The zero-order valence-corrected chi connectivity index (χ0v) is 10.7. The minimum absolute atomic E-state index is 0.599. The molecule has 0 N–H and O–H groups in total. The van der Waals surface area contributed by atoms with E-state index >= 15 is 0 Å². The average Bonchev–Trinajstić information content (AvgIpc) is 2.19. The van der Waals surface area contributed by atoms with Gasteiger partial charge >= 0.3 is 0 Å². The summed E-state index contributed by atoms with van der Waals surface area (Å²) < 4.78 is 0. The van der Waals surface area contributed by atoms with Gasteiger partial charge in [0.15, 0.2) is 0 Å². The summed E-state index contributed by atoms with van der Waals surface area (Å²) in [6.07, 6.45) is 11.5. The SMILES string of the molecule is CCCC(C)(CC)C1(C)CCCCC1. The van der Waals surface area contributed by atoms with Crippen LogP contribution >= 0.6 is 0 Å². The maximum atomic E-state index is 2.55. The van der Waals surface area contributed by atoms with Crippen LogP contribution in [0.15, 0.2) is 0 Å². The molecular weight excluding hydrogens is 168 g/mol. The lowest BCUT2D eigenvalue weighted by atomic mass is 9.56. The Morgan fingerprint density at radius 1 is 1.07 bits per heavy atom. The first kappa shape index (κ1) is 12.1. The van der Waals surface area contributed by atoms with Crippen molar-refractivity contribution < 1.29 is 0 Å². The van der Waals surface area contributed by atoms with Gasteiger partial charge in [-0.3, -0.25) is 0 Å². The van der Waals surface area contributed by atoms with Gasteiger partial charge < -0.3 is 0 Å². The first-order valence-corrected chi connectivity index (χ1v) is 6.58. The fraction of sp³-hybridized carbons (Fsp3) is 1.00. The highest BCUT2D eigenvalue weighted by molar-refractivity contribution is 4.93. The van der Waals surface area contributed by atoms with Crippen molar-refractivity contribution in [2.45, 2.75) is 79.1 Å². The molecule has 84 valence electrons. The van der Waals surface area contributed by atoms with Crippen LogP contribution in [-0.4, -0.2) is 0 Å². The molecule has 0 radical (unpaired) electrons. The zero-order valence-electron chi connectivity index (χ0n) is 10.7. The van der Waals surface area contributed by atoms with Crippen molar-refractivity contribution >= 4 is 0 Å². The lowest BCUT2D eigenvalue weighted by molar-refractivity contribution is 0.0158. The van der Waals surface area contributed by atoms with Crippen LogP contribution in [0.3, 0.4) is 0 Å². The Morgan fingerprint density at radius 2 is 1.64 bits per heavy atom. The average molecular weight is 196 g/mol. The quantitative estimate of drug-likeness (QED) is 0.581. The first-order valence-electron chi connectivity index (χ1n) is 6.58. The van der Waals surface area contributed by atoms with E-state index in [1.165, 1.54) is 51.4 Å². The molecule has 0 nitrogen and oxygen atoms in total. The molecule has 0 bridgehead atoms. The third-order valence-corrected chi connectivity index (χ3v) is 5.00. The molecule has 0 heterocycles. The minimum Gasteiger partial charge on any atom is -0.0654 e. The van der Waals surface area contributed by atoms with E-state index in [1.807, 2.05) is 0 Å². The van der Waals surface area contributed by atoms with Crippen LogP contribution in [0.5, 0.6) is 0 Å². The molecule has 0 saturated heterocycles. The topological polar surface area (TPSA) is 0 Å². The van der Waals surface area contributed by atoms with Gasteiger partial charge in [0.1, 0.15) is 0 Å². The number of hydrogen-bond donors (Lipinski definition) is 0. The van der Waals surface area contributed by atoms with Gasteiger partial charge in [0.2, 0.25) is 0 Å². The van der Waals surface area contributed by atoms with Crippen LogP contribution in [-0.2, 0) is 0 Å². The monoisotopic (exact) mass is 196 g/mol. The van der Waals surface area contributed by atoms with Crippen LogP contribution in [0.4, 0.5) is 0 Å². The van der Waals surface area contributed by atoms with Crippen molar-refractivity contribution in [3.05, 3.63) is 0 Å². The van der Waals surface area contributed by atoms with Crippen molar-refractivity contribution in [3.8, 4) is 0 Å². The van der Waals surface area contributed by atoms with E-state index in [9.17, 15) is 0 Å². The summed E-state index contributed by atoms with van der Waals surface area (Å²) in [4.78, 5) is 0. The number of hydrogen-bond acceptors (Lipinski definition) is 0. The minimum atomic E-state index is 0.599. The van der Waals surface area contributed by atoms with Crippen LogP contribution in [0.25, 0.3) is 0 Å². The Bertz CT molecular complexity index is 157. The molecule has 0 heteroatoms. The summed E-state index contributed by atoms with van der Waals surface area (Å²) in [5, 5.41) is 0. The normalized spacial score (nSPS) is 25.7. The summed E-state index contributed by atoms with van der Waals surface area (Å²) >= 11 is 0. The van der Waals surface area contributed by atoms with Crippen molar-refractivity contribution in [1.82, 2.24) is 0 Å². The van der Waals surface area contributed by atoms with Crippen molar-refractivity contribution in [2.24, 2.45) is 10.8 Å². The van der Waals surface area contributed by atoms with Gasteiger partial charge in [-0.05, 0) is 30.1 Å². The van der Waals surface area contributed by atoms with Gasteiger partial charge in [0.05, 0.1) is 0 Å². The molecule has 1 fully saturated rings. The molecule has 0 aliphatic heterocycles. The zero-order chi connectivity index (χ0) is 10.7. The second-order valence-corrected chi connectivity index (χ2v) is 5.79. The molecule has 0 aromatic heterocycles. The molecule has 1 rings (SSSR count). The smallest absolute Gasteiger partial charge is 0.0272 e. The summed E-state index contributed by atoms with van der Waals surface area (Å²) in [5.74, 6) is 0. The third-order valence-electron chi connectivity index (χ3n) is 5.00. The van der Waals surface area contributed by atoms with Crippen molar-refractivity contribution in [3.63, 3.8) is 0 Å². The van der Waals surface area contributed by atoms with Gasteiger partial charge in [0.25, 0.3) is 0 Å². The van der Waals surface area contributed by atoms with Gasteiger partial charge in [-0.2, -0.15) is 0 Å². The summed E-state index contributed by atoms with van der Waals surface area (Å²) in [6.45, 7) is 9.79. The Kier molecular flexibility index (Phi) is 4.04. The lowest BCUT2D eigenvalue weighted by Gasteiger charge is -2.49. The Hall–Kier alpha value is 0. The van der Waals surface area contributed by atoms with E-state index in [0.717, 1.165) is 0 Å². The van der Waals surface area contributed by atoms with Crippen LogP contribution in [0, 0.1) is 10.8 Å². The maximum absolute atomic E-state index is 2.55. The van der Waals surface area contributed by atoms with Crippen molar-refractivity contribution in [1.29, 1.82) is 0 Å². The standard InChI is InChI=1S/C14H28/c1-5-10-13(3,6-2)14(4)11-8-7-9-12-14/h5-12H2,1-4H3. The molecule has 1 unspecified atom stereocenters. The highest BCUT2D eigenvalue weighted by Gasteiger charge is 2.42. The van der Waals surface area contributed by atoms with Crippen molar-refractivity contribution in [2.75, 3.05) is 0 Å². The van der Waals surface area contributed by atoms with Crippen LogP contribution < -0.4 is 0 Å². The predicted octanol–water partition coefficient (Wildman–Crippen LogP) is 5.17. The second kappa shape index (κ2) is 4.68. The Balaban J connectivity index is 2.73. The summed E-state index contributed by atoms with van der Waals surface area (Å²) in [5.41, 5.74) is 1.23. The Morgan fingerprint density at radius 3 is 2.07 bits per heavy atom. The predicted molar refractivity (Wildman–Crippen MR) is 64.5 cm³/mol.